The summed E-state index contributed by atoms with van der Waals surface area (Å²) in [6.07, 6.45) is 0. The normalized spacial score (nSPS) is 13.0. The van der Waals surface area contributed by atoms with Crippen molar-refractivity contribution in [1.29, 1.82) is 0 Å². The lowest BCUT2D eigenvalue weighted by atomic mass is 10.0. The van der Waals surface area contributed by atoms with Gasteiger partial charge >= 0.3 is 0 Å². The van der Waals surface area contributed by atoms with Gasteiger partial charge in [0.25, 0.3) is 0 Å². The van der Waals surface area contributed by atoms with E-state index < -0.39 is 12.7 Å². The Kier molecular flexibility index (Phi) is 6.00. The van der Waals surface area contributed by atoms with Gasteiger partial charge in [0, 0.05) is 21.5 Å². The van der Waals surface area contributed by atoms with Crippen LogP contribution in [0, 0.1) is 20.8 Å². The summed E-state index contributed by atoms with van der Waals surface area (Å²) < 4.78 is 14.6. The number of carbonyl (C=O) groups excluding carboxylic acids is 1. The maximum Gasteiger partial charge on any atom is 0.231 e. The second kappa shape index (κ2) is 8.13. The third kappa shape index (κ3) is 3.51. The predicted octanol–water partition coefficient (Wildman–Crippen LogP) is 6.47. The van der Waals surface area contributed by atoms with Gasteiger partial charge in [-0.25, -0.2) is 0 Å². The van der Waals surface area contributed by atoms with Gasteiger partial charge in [0.1, 0.15) is 0 Å². The van der Waals surface area contributed by atoms with Crippen LogP contribution < -0.4 is 5.30 Å². The van der Waals surface area contributed by atoms with Crippen LogP contribution in [0.15, 0.2) is 66.7 Å². The monoisotopic (exact) mass is 426 g/mol. The molecule has 0 heterocycles. The van der Waals surface area contributed by atoms with Gasteiger partial charge in [0.05, 0.1) is 4.61 Å². The Bertz CT molecular complexity index is 1010. The first-order valence-corrected chi connectivity index (χ1v) is 11.3. The maximum atomic E-state index is 14.5. The van der Waals surface area contributed by atoms with Crippen molar-refractivity contribution in [2.75, 3.05) is 0 Å². The molecule has 0 bridgehead atoms. The van der Waals surface area contributed by atoms with Crippen LogP contribution in [0.25, 0.3) is 0 Å². The highest BCUT2D eigenvalue weighted by atomic mass is 35.5. The van der Waals surface area contributed by atoms with Crippen LogP contribution in [0.1, 0.15) is 32.6 Å². The topological polar surface area (TPSA) is 34.1 Å². The highest BCUT2D eigenvalue weighted by Crippen LogP contribution is 2.53. The summed E-state index contributed by atoms with van der Waals surface area (Å²) >= 11 is 12.1. The van der Waals surface area contributed by atoms with Crippen LogP contribution in [-0.4, -0.2) is 10.1 Å². The molecule has 0 amide bonds. The van der Waals surface area contributed by atoms with Crippen molar-refractivity contribution in [3.8, 4) is 0 Å². The highest BCUT2D eigenvalue weighted by Gasteiger charge is 2.41. The lowest BCUT2D eigenvalue weighted by Gasteiger charge is -2.22. The molecule has 1 atom stereocenters. The first-order valence-electron chi connectivity index (χ1n) is 8.85. The molecule has 0 aliphatic rings. The zero-order chi connectivity index (χ0) is 20.5. The molecular formula is C23H20ClO2PS. The fraction of sp³-hybridized carbons (Fsp3) is 0.130. The SMILES string of the molecule is Cc1cccc(C)c1C(=O)P(=O)(C(=S)c1c(C)cccc1Cl)c1ccccc1. The Balaban J connectivity index is 2.31. The molecule has 0 spiro atoms. The smallest absolute Gasteiger partial charge is 0.231 e. The third-order valence-electron chi connectivity index (χ3n) is 4.82. The summed E-state index contributed by atoms with van der Waals surface area (Å²) in [5, 5.41) is 0.822. The van der Waals surface area contributed by atoms with Crippen LogP contribution in [0.2, 0.25) is 5.02 Å². The lowest BCUT2D eigenvalue weighted by Crippen LogP contribution is -2.21. The van der Waals surface area contributed by atoms with E-state index in [0.717, 1.165) is 16.7 Å². The Morgan fingerprint density at radius 2 is 1.29 bits per heavy atom. The number of carbonyl (C=O) groups is 1. The molecule has 0 fully saturated rings. The van der Waals surface area contributed by atoms with E-state index >= 15 is 0 Å². The molecule has 0 N–H and O–H groups in total. The van der Waals surface area contributed by atoms with Crippen LogP contribution >= 0.6 is 31.0 Å². The van der Waals surface area contributed by atoms with Crippen molar-refractivity contribution in [1.82, 2.24) is 0 Å². The minimum absolute atomic E-state index is 0.106. The molecule has 5 heteroatoms. The van der Waals surface area contributed by atoms with Gasteiger partial charge in [-0.05, 0) is 43.5 Å². The molecular weight excluding hydrogens is 407 g/mol. The molecule has 142 valence electrons. The molecule has 2 nitrogen and oxygen atoms in total. The van der Waals surface area contributed by atoms with Gasteiger partial charge in [-0.3, -0.25) is 4.79 Å². The van der Waals surface area contributed by atoms with Crippen LogP contribution in [-0.2, 0) is 4.57 Å². The van der Waals surface area contributed by atoms with Crippen molar-refractivity contribution < 1.29 is 9.36 Å². The van der Waals surface area contributed by atoms with Gasteiger partial charge in [-0.1, -0.05) is 84.5 Å². The second-order valence-electron chi connectivity index (χ2n) is 6.75. The number of benzene rings is 3. The summed E-state index contributed by atoms with van der Waals surface area (Å²) in [5.74, 6) is 0. The molecule has 0 aliphatic carbocycles. The minimum Gasteiger partial charge on any atom is -0.304 e. The third-order valence-corrected chi connectivity index (χ3v) is 8.73. The van der Waals surface area contributed by atoms with Gasteiger partial charge < -0.3 is 4.57 Å². The van der Waals surface area contributed by atoms with E-state index in [4.69, 9.17) is 23.8 Å². The zero-order valence-electron chi connectivity index (χ0n) is 15.9. The molecule has 3 aromatic carbocycles. The molecule has 0 saturated heterocycles. The zero-order valence-corrected chi connectivity index (χ0v) is 18.4. The number of hydrogen-bond acceptors (Lipinski definition) is 3. The number of halogens is 1. The first-order chi connectivity index (χ1) is 13.3. The van der Waals surface area contributed by atoms with Crippen LogP contribution in [0.4, 0.5) is 0 Å². The summed E-state index contributed by atoms with van der Waals surface area (Å²) in [6.45, 7) is 5.55. The van der Waals surface area contributed by atoms with Crippen molar-refractivity contribution in [2.45, 2.75) is 20.8 Å². The van der Waals surface area contributed by atoms with E-state index in [-0.39, 0.29) is 4.61 Å². The maximum absolute atomic E-state index is 14.5. The predicted molar refractivity (Wildman–Crippen MR) is 122 cm³/mol. The van der Waals surface area contributed by atoms with Crippen molar-refractivity contribution >= 4 is 46.4 Å². The summed E-state index contributed by atoms with van der Waals surface area (Å²) in [6, 6.07) is 19.7. The van der Waals surface area contributed by atoms with Gasteiger partial charge in [-0.15, -0.1) is 0 Å². The van der Waals surface area contributed by atoms with Crippen molar-refractivity contribution in [3.05, 3.63) is 99.6 Å². The molecule has 0 radical (unpaired) electrons. The molecule has 28 heavy (non-hydrogen) atoms. The standard InChI is InChI=1S/C23H20ClO2PS/c1-15-9-7-10-16(2)20(15)22(25)27(26,18-12-5-4-6-13-18)23(28)21-17(3)11-8-14-19(21)24/h4-14H,1-3H3. The highest BCUT2D eigenvalue weighted by molar-refractivity contribution is 8.12. The van der Waals surface area contributed by atoms with E-state index in [1.165, 1.54) is 0 Å². The Morgan fingerprint density at radius 3 is 1.82 bits per heavy atom. The summed E-state index contributed by atoms with van der Waals surface area (Å²) in [4.78, 5) is 13.8. The molecule has 3 aromatic rings. The Hall–Kier alpha value is -2.06. The average Bonchev–Trinajstić information content (AvgIpc) is 2.67. The lowest BCUT2D eigenvalue weighted by molar-refractivity contribution is 0.107. The largest absolute Gasteiger partial charge is 0.304 e. The number of thiocarbonyl (C=S) groups is 1. The quantitative estimate of drug-likeness (QED) is 0.346. The van der Waals surface area contributed by atoms with Gasteiger partial charge in [-0.2, -0.15) is 0 Å². The van der Waals surface area contributed by atoms with Gasteiger partial charge in [0.15, 0.2) is 0 Å². The van der Waals surface area contributed by atoms with E-state index in [2.05, 4.69) is 0 Å². The van der Waals surface area contributed by atoms with Crippen molar-refractivity contribution in [3.63, 3.8) is 0 Å². The summed E-state index contributed by atoms with van der Waals surface area (Å²) in [5.41, 5.74) is 2.87. The molecule has 3 rings (SSSR count). The summed E-state index contributed by atoms with van der Waals surface area (Å²) in [7, 11) is -3.80. The van der Waals surface area contributed by atoms with E-state index in [1.54, 1.807) is 30.3 Å². The molecule has 1 unspecified atom stereocenters. The van der Waals surface area contributed by atoms with Crippen molar-refractivity contribution in [2.24, 2.45) is 0 Å². The number of aryl methyl sites for hydroxylation is 3. The molecule has 0 aliphatic heterocycles. The fourth-order valence-electron chi connectivity index (χ4n) is 3.33. The van der Waals surface area contributed by atoms with Crippen LogP contribution in [0.3, 0.4) is 0 Å². The Morgan fingerprint density at radius 1 is 0.786 bits per heavy atom. The van der Waals surface area contributed by atoms with Crippen LogP contribution in [0.5, 0.6) is 0 Å². The first kappa shape index (κ1) is 20.7. The van der Waals surface area contributed by atoms with E-state index in [0.29, 0.717) is 21.5 Å². The molecule has 0 saturated carbocycles. The average molecular weight is 427 g/mol. The van der Waals surface area contributed by atoms with E-state index in [9.17, 15) is 9.36 Å². The second-order valence-corrected chi connectivity index (χ2v) is 10.5. The van der Waals surface area contributed by atoms with Gasteiger partial charge in [0.2, 0.25) is 12.7 Å². The minimum atomic E-state index is -3.80. The Labute approximate surface area is 175 Å². The number of rotatable bonds is 5. The van der Waals surface area contributed by atoms with E-state index in [1.807, 2.05) is 57.2 Å². The number of hydrogen-bond donors (Lipinski definition) is 0. The molecule has 0 aromatic heterocycles. The fourth-order valence-corrected chi connectivity index (χ4v) is 7.13.